The molecule has 204 valence electrons. The van der Waals surface area contributed by atoms with Gasteiger partial charge in [-0.2, -0.15) is 0 Å². The zero-order valence-electron chi connectivity index (χ0n) is 22.4. The van der Waals surface area contributed by atoms with E-state index < -0.39 is 11.9 Å². The molecule has 3 aromatic rings. The van der Waals surface area contributed by atoms with Crippen molar-refractivity contribution in [3.05, 3.63) is 119 Å². The highest BCUT2D eigenvalue weighted by Gasteiger charge is 2.02. The van der Waals surface area contributed by atoms with Crippen molar-refractivity contribution >= 4 is 36.2 Å². The highest BCUT2D eigenvalue weighted by atomic mass is 19.1. The molecule has 0 bridgehead atoms. The van der Waals surface area contributed by atoms with Crippen LogP contribution in [0.2, 0.25) is 0 Å². The highest BCUT2D eigenvalue weighted by Crippen LogP contribution is 2.19. The zero-order chi connectivity index (χ0) is 29.6. The fourth-order valence-electron chi connectivity index (χ4n) is 2.92. The van der Waals surface area contributed by atoms with Gasteiger partial charge in [-0.15, -0.1) is 0 Å². The van der Waals surface area contributed by atoms with Gasteiger partial charge < -0.3 is 18.9 Å². The minimum atomic E-state index is -0.621. The van der Waals surface area contributed by atoms with Crippen molar-refractivity contribution in [2.75, 3.05) is 0 Å². The van der Waals surface area contributed by atoms with E-state index in [0.717, 1.165) is 11.1 Å². The van der Waals surface area contributed by atoms with Crippen molar-refractivity contribution in [1.29, 1.82) is 0 Å². The average molecular weight is 549 g/mol. The molecule has 3 rings (SSSR count). The summed E-state index contributed by atoms with van der Waals surface area (Å²) in [6.07, 6.45) is 16.0. The Bertz CT molecular complexity index is 1620. The Labute approximate surface area is 238 Å². The van der Waals surface area contributed by atoms with Crippen LogP contribution in [0, 0.1) is 30.2 Å². The van der Waals surface area contributed by atoms with Gasteiger partial charge in [-0.1, -0.05) is 73.9 Å². The summed E-state index contributed by atoms with van der Waals surface area (Å²) in [4.78, 5) is 22.5. The third-order valence-corrected chi connectivity index (χ3v) is 5.11. The Hall–Kier alpha value is -5.79. The second-order valence-corrected chi connectivity index (χ2v) is 8.54. The molecule has 0 radical (unpaired) electrons. The van der Waals surface area contributed by atoms with Crippen LogP contribution in [-0.4, -0.2) is 11.9 Å². The van der Waals surface area contributed by atoms with Gasteiger partial charge in [0.05, 0.1) is 0 Å². The molecule has 3 aromatic carbocycles. The van der Waals surface area contributed by atoms with Crippen LogP contribution in [0.4, 0.5) is 4.39 Å². The summed E-state index contributed by atoms with van der Waals surface area (Å²) in [6, 6.07) is 18.9. The molecule has 0 saturated carbocycles. The first kappa shape index (κ1) is 29.8. The maximum absolute atomic E-state index is 14.7. The van der Waals surface area contributed by atoms with E-state index >= 15 is 0 Å². The minimum Gasteiger partial charge on any atom is -0.405 e. The number of ether oxygens (including phenoxy) is 4. The lowest BCUT2D eigenvalue weighted by atomic mass is 10.1. The van der Waals surface area contributed by atoms with Crippen LogP contribution < -0.4 is 9.47 Å². The van der Waals surface area contributed by atoms with Gasteiger partial charge in [0.2, 0.25) is 0 Å². The van der Waals surface area contributed by atoms with Gasteiger partial charge in [0, 0.05) is 16.7 Å². The zero-order valence-corrected chi connectivity index (χ0v) is 22.4. The monoisotopic (exact) mass is 548 g/mol. The maximum atomic E-state index is 14.7. The number of carbonyl (C=O) groups is 2. The summed E-state index contributed by atoms with van der Waals surface area (Å²) >= 11 is 0. The molecule has 0 aliphatic heterocycles. The van der Waals surface area contributed by atoms with E-state index in [9.17, 15) is 14.0 Å². The SMILES string of the molecule is C=C(C)C(=O)OC#COc1ccc(C=Cc2ccc(C=Cc3ccc(OC#COC(=O)C(=C)C)cc3)c(F)c2)cc1. The molecule has 0 spiro atoms. The molecule has 0 unspecified atom stereocenters. The van der Waals surface area contributed by atoms with E-state index in [4.69, 9.17) is 9.47 Å². The molecular weight excluding hydrogens is 523 g/mol. The molecule has 0 atom stereocenters. The molecular formula is C34H25FO6. The maximum Gasteiger partial charge on any atom is 0.347 e. The van der Waals surface area contributed by atoms with Gasteiger partial charge in [0.25, 0.3) is 0 Å². The lowest BCUT2D eigenvalue weighted by molar-refractivity contribution is -0.133. The molecule has 6 nitrogen and oxygen atoms in total. The van der Waals surface area contributed by atoms with E-state index in [1.807, 2.05) is 24.3 Å². The summed E-state index contributed by atoms with van der Waals surface area (Å²) in [5.74, 6) is -0.670. The van der Waals surface area contributed by atoms with Crippen LogP contribution in [-0.2, 0) is 19.1 Å². The van der Waals surface area contributed by atoms with Gasteiger partial charge in [-0.05, 0) is 60.9 Å². The molecule has 0 amide bonds. The molecule has 0 fully saturated rings. The highest BCUT2D eigenvalue weighted by molar-refractivity contribution is 5.88. The third-order valence-electron chi connectivity index (χ3n) is 5.11. The number of halogens is 1. The molecule has 0 aromatic heterocycles. The second kappa shape index (κ2) is 15.0. The first-order valence-corrected chi connectivity index (χ1v) is 12.1. The van der Waals surface area contributed by atoms with Crippen LogP contribution in [0.25, 0.3) is 24.3 Å². The molecule has 41 heavy (non-hydrogen) atoms. The molecule has 0 heterocycles. The Morgan fingerprint density at radius 1 is 0.634 bits per heavy atom. The van der Waals surface area contributed by atoms with Crippen LogP contribution in [0.3, 0.4) is 0 Å². The summed E-state index contributed by atoms with van der Waals surface area (Å²) < 4.78 is 34.3. The van der Waals surface area contributed by atoms with E-state index in [1.165, 1.54) is 19.9 Å². The fourth-order valence-corrected chi connectivity index (χ4v) is 2.92. The van der Waals surface area contributed by atoms with Gasteiger partial charge in [0.15, 0.2) is 24.4 Å². The number of hydrogen-bond donors (Lipinski definition) is 0. The van der Waals surface area contributed by atoms with E-state index in [0.29, 0.717) is 22.6 Å². The van der Waals surface area contributed by atoms with Gasteiger partial charge in [-0.25, -0.2) is 14.0 Å². The topological polar surface area (TPSA) is 71.1 Å². The quantitative estimate of drug-likeness (QED) is 0.131. The van der Waals surface area contributed by atoms with E-state index in [-0.39, 0.29) is 17.0 Å². The van der Waals surface area contributed by atoms with Crippen molar-refractivity contribution in [2.45, 2.75) is 13.8 Å². The smallest absolute Gasteiger partial charge is 0.347 e. The van der Waals surface area contributed by atoms with Gasteiger partial charge in [-0.3, -0.25) is 0 Å². The van der Waals surface area contributed by atoms with Crippen molar-refractivity contribution in [3.8, 4) is 35.9 Å². The first-order valence-electron chi connectivity index (χ1n) is 12.1. The molecule has 0 N–H and O–H groups in total. The largest absolute Gasteiger partial charge is 0.405 e. The van der Waals surface area contributed by atoms with Crippen LogP contribution >= 0.6 is 0 Å². The summed E-state index contributed by atoms with van der Waals surface area (Å²) in [6.45, 7) is 9.95. The Morgan fingerprint density at radius 2 is 1.05 bits per heavy atom. The number of esters is 2. The minimum absolute atomic E-state index is 0.238. The van der Waals surface area contributed by atoms with Crippen LogP contribution in [0.5, 0.6) is 11.5 Å². The lowest BCUT2D eigenvalue weighted by Gasteiger charge is -2.01. The standard InChI is InChI=1S/C34H25FO6/c1-24(2)33(36)40-21-19-38-30-15-9-26(10-16-30)5-6-28-8-14-29(32(35)23-28)13-7-27-11-17-31(18-12-27)39-20-22-41-34(37)25(3)4/h5-18,23H,1,3H2,2,4H3. The molecule has 7 heteroatoms. The summed E-state index contributed by atoms with van der Waals surface area (Å²) in [5.41, 5.74) is 3.31. The predicted molar refractivity (Wildman–Crippen MR) is 156 cm³/mol. The lowest BCUT2D eigenvalue weighted by Crippen LogP contribution is -1.99. The van der Waals surface area contributed by atoms with Gasteiger partial charge in [0.1, 0.15) is 17.3 Å². The molecule has 0 aliphatic carbocycles. The number of carbonyl (C=O) groups excluding carboxylic acids is 2. The van der Waals surface area contributed by atoms with Crippen molar-refractivity contribution in [2.24, 2.45) is 0 Å². The van der Waals surface area contributed by atoms with Crippen LogP contribution in [0.15, 0.2) is 91.0 Å². The second-order valence-electron chi connectivity index (χ2n) is 8.54. The van der Waals surface area contributed by atoms with Crippen molar-refractivity contribution in [3.63, 3.8) is 0 Å². The normalized spacial score (nSPS) is 10.1. The van der Waals surface area contributed by atoms with Crippen molar-refractivity contribution in [1.82, 2.24) is 0 Å². The first-order chi connectivity index (χ1) is 19.7. The predicted octanol–water partition coefficient (Wildman–Crippen LogP) is 7.00. The Morgan fingerprint density at radius 3 is 1.49 bits per heavy atom. The Kier molecular flexibility index (Phi) is 10.9. The Balaban J connectivity index is 1.53. The van der Waals surface area contributed by atoms with E-state index in [1.54, 1.807) is 60.7 Å². The number of benzene rings is 3. The summed E-state index contributed by atoms with van der Waals surface area (Å²) in [5, 5.41) is 0. The third kappa shape index (κ3) is 10.1. The van der Waals surface area contributed by atoms with Crippen molar-refractivity contribution < 1.29 is 32.9 Å². The van der Waals surface area contributed by atoms with Gasteiger partial charge >= 0.3 is 11.9 Å². The number of rotatable bonds is 8. The summed E-state index contributed by atoms with van der Waals surface area (Å²) in [7, 11) is 0. The molecule has 0 saturated heterocycles. The number of hydrogen-bond acceptors (Lipinski definition) is 6. The van der Waals surface area contributed by atoms with E-state index in [2.05, 4.69) is 47.1 Å². The fraction of sp³-hybridized carbons (Fsp3) is 0.0588. The molecule has 0 aliphatic rings. The van der Waals surface area contributed by atoms with Crippen LogP contribution in [0.1, 0.15) is 36.1 Å². The average Bonchev–Trinajstić information content (AvgIpc) is 2.96.